The second-order valence-corrected chi connectivity index (χ2v) is 10.1. The van der Waals surface area contributed by atoms with Crippen LogP contribution in [-0.4, -0.2) is 25.2 Å². The molecular weight excluding hydrogens is 418 g/mol. The summed E-state index contributed by atoms with van der Waals surface area (Å²) < 4.78 is 0. The van der Waals surface area contributed by atoms with Crippen molar-refractivity contribution >= 4 is 17.4 Å². The highest BCUT2D eigenvalue weighted by Gasteiger charge is 2.35. The van der Waals surface area contributed by atoms with Gasteiger partial charge in [0.05, 0.1) is 0 Å². The van der Waals surface area contributed by atoms with Gasteiger partial charge in [-0.05, 0) is 60.1 Å². The van der Waals surface area contributed by atoms with Crippen LogP contribution in [0.4, 0.5) is 16.2 Å². The number of nitrogens with one attached hydrogen (secondary N) is 2. The minimum Gasteiger partial charge on any atom is -0.371 e. The van der Waals surface area contributed by atoms with E-state index < -0.39 is 0 Å². The van der Waals surface area contributed by atoms with Crippen LogP contribution in [0.1, 0.15) is 72.6 Å². The molecule has 1 saturated carbocycles. The number of carbonyl (C=O) groups excluding carboxylic acids is 1. The monoisotopic (exact) mass is 451 g/mol. The van der Waals surface area contributed by atoms with Gasteiger partial charge in [0.25, 0.3) is 0 Å². The Kier molecular flexibility index (Phi) is 5.74. The fourth-order valence-corrected chi connectivity index (χ4v) is 6.35. The summed E-state index contributed by atoms with van der Waals surface area (Å²) in [6.45, 7) is 2.16. The lowest BCUT2D eigenvalue weighted by Gasteiger charge is -2.43. The molecule has 2 amide bonds. The highest BCUT2D eigenvalue weighted by Crippen LogP contribution is 2.49. The van der Waals surface area contributed by atoms with E-state index in [0.717, 1.165) is 44.5 Å². The molecule has 2 heterocycles. The normalized spacial score (nSPS) is 21.7. The van der Waals surface area contributed by atoms with Gasteiger partial charge in [-0.25, -0.2) is 4.79 Å². The molecule has 6 rings (SSSR count). The number of carbonyl (C=O) groups is 1. The Hall–Kier alpha value is -3.27. The van der Waals surface area contributed by atoms with E-state index in [0.29, 0.717) is 17.9 Å². The van der Waals surface area contributed by atoms with E-state index in [1.54, 1.807) is 0 Å². The number of hydrogen-bond donors (Lipinski definition) is 2. The molecule has 2 aliphatic heterocycles. The smallest absolute Gasteiger partial charge is 0.319 e. The summed E-state index contributed by atoms with van der Waals surface area (Å²) in [6, 6.07) is 26.4. The third-order valence-electron chi connectivity index (χ3n) is 7.96. The minimum absolute atomic E-state index is 0.0740. The Morgan fingerprint density at radius 1 is 0.735 bits per heavy atom. The number of benzene rings is 3. The van der Waals surface area contributed by atoms with Crippen molar-refractivity contribution in [3.05, 3.63) is 95.1 Å². The van der Waals surface area contributed by atoms with Gasteiger partial charge in [-0.15, -0.1) is 0 Å². The zero-order valence-electron chi connectivity index (χ0n) is 19.7. The summed E-state index contributed by atoms with van der Waals surface area (Å²) >= 11 is 0. The molecule has 34 heavy (non-hydrogen) atoms. The minimum atomic E-state index is -0.0740. The van der Waals surface area contributed by atoms with Crippen LogP contribution in [0.5, 0.6) is 0 Å². The lowest BCUT2D eigenvalue weighted by molar-refractivity contribution is 0.248. The van der Waals surface area contributed by atoms with Crippen molar-refractivity contribution in [3.63, 3.8) is 0 Å². The van der Waals surface area contributed by atoms with Gasteiger partial charge in [-0.1, -0.05) is 73.5 Å². The third-order valence-corrected chi connectivity index (χ3v) is 7.96. The Balaban J connectivity index is 1.42. The zero-order valence-corrected chi connectivity index (χ0v) is 19.7. The van der Waals surface area contributed by atoms with Crippen LogP contribution in [0.15, 0.2) is 72.8 Å². The van der Waals surface area contributed by atoms with Gasteiger partial charge >= 0.3 is 6.03 Å². The number of nitrogens with zero attached hydrogens (tertiary/aromatic N) is 1. The Labute approximate surface area is 202 Å². The molecule has 3 aromatic rings. The SMILES string of the molecule is O=C(Nc1cc2c3c(c1)C(c1ccccc1)CCN3CCC2c1ccccc1)NC1CCCC1. The third kappa shape index (κ3) is 4.06. The molecule has 0 aromatic heterocycles. The van der Waals surface area contributed by atoms with Crippen molar-refractivity contribution in [1.82, 2.24) is 5.32 Å². The largest absolute Gasteiger partial charge is 0.371 e. The maximum absolute atomic E-state index is 12.9. The molecule has 2 atom stereocenters. The quantitative estimate of drug-likeness (QED) is 0.468. The molecule has 4 nitrogen and oxygen atoms in total. The van der Waals surface area contributed by atoms with Crippen molar-refractivity contribution < 1.29 is 4.79 Å². The number of amides is 2. The van der Waals surface area contributed by atoms with Crippen molar-refractivity contribution in [2.75, 3.05) is 23.3 Å². The standard InChI is InChI=1S/C30H33N3O/c34-30(31-23-13-7-8-14-23)32-24-19-27-25(21-9-3-1-4-10-21)15-17-33-18-16-26(28(20-24)29(27)33)22-11-5-2-6-12-22/h1-6,9-12,19-20,23,25-26H,7-8,13-18H2,(H2,31,32,34). The molecule has 0 radical (unpaired) electrons. The first-order valence-electron chi connectivity index (χ1n) is 12.9. The average Bonchev–Trinajstić information content (AvgIpc) is 3.38. The van der Waals surface area contributed by atoms with E-state index in [9.17, 15) is 4.79 Å². The number of rotatable bonds is 4. The van der Waals surface area contributed by atoms with Crippen molar-refractivity contribution in [2.24, 2.45) is 0 Å². The van der Waals surface area contributed by atoms with Gasteiger partial charge in [0.15, 0.2) is 0 Å². The van der Waals surface area contributed by atoms with Crippen LogP contribution in [0, 0.1) is 0 Å². The highest BCUT2D eigenvalue weighted by atomic mass is 16.2. The second kappa shape index (κ2) is 9.17. The average molecular weight is 452 g/mol. The van der Waals surface area contributed by atoms with Gasteiger partial charge in [0.2, 0.25) is 0 Å². The van der Waals surface area contributed by atoms with E-state index in [2.05, 4.69) is 88.3 Å². The van der Waals surface area contributed by atoms with E-state index in [1.165, 1.54) is 40.8 Å². The fraction of sp³-hybridized carbons (Fsp3) is 0.367. The van der Waals surface area contributed by atoms with E-state index in [-0.39, 0.29) is 6.03 Å². The van der Waals surface area contributed by atoms with Gasteiger partial charge in [0.1, 0.15) is 0 Å². The molecule has 0 saturated heterocycles. The molecule has 1 fully saturated rings. The lowest BCUT2D eigenvalue weighted by Crippen LogP contribution is -2.38. The Bertz CT molecular complexity index is 1080. The maximum atomic E-state index is 12.9. The number of anilines is 2. The number of hydrogen-bond acceptors (Lipinski definition) is 2. The van der Waals surface area contributed by atoms with Gasteiger partial charge in [-0.2, -0.15) is 0 Å². The molecule has 3 aromatic carbocycles. The first-order chi connectivity index (χ1) is 16.8. The molecule has 2 N–H and O–H groups in total. The Morgan fingerprint density at radius 3 is 1.79 bits per heavy atom. The number of urea groups is 1. The van der Waals surface area contributed by atoms with E-state index >= 15 is 0 Å². The predicted octanol–water partition coefficient (Wildman–Crippen LogP) is 6.63. The molecule has 1 aliphatic carbocycles. The molecular formula is C30H33N3O. The fourth-order valence-electron chi connectivity index (χ4n) is 6.35. The van der Waals surface area contributed by atoms with Crippen LogP contribution in [0.25, 0.3) is 0 Å². The Morgan fingerprint density at radius 2 is 1.26 bits per heavy atom. The predicted molar refractivity (Wildman–Crippen MR) is 139 cm³/mol. The van der Waals surface area contributed by atoms with Crippen LogP contribution < -0.4 is 15.5 Å². The first kappa shape index (κ1) is 21.3. The first-order valence-corrected chi connectivity index (χ1v) is 12.9. The van der Waals surface area contributed by atoms with Crippen molar-refractivity contribution in [1.29, 1.82) is 0 Å². The molecule has 174 valence electrons. The van der Waals surface area contributed by atoms with E-state index in [4.69, 9.17) is 0 Å². The van der Waals surface area contributed by atoms with E-state index in [1.807, 2.05) is 0 Å². The highest BCUT2D eigenvalue weighted by molar-refractivity contribution is 5.90. The van der Waals surface area contributed by atoms with Crippen molar-refractivity contribution in [3.8, 4) is 0 Å². The van der Waals surface area contributed by atoms with Crippen molar-refractivity contribution in [2.45, 2.75) is 56.4 Å². The summed E-state index contributed by atoms with van der Waals surface area (Å²) in [7, 11) is 0. The van der Waals surface area contributed by atoms with Gasteiger partial charge in [0, 0.05) is 42.3 Å². The summed E-state index contributed by atoms with van der Waals surface area (Å²) in [4.78, 5) is 15.5. The van der Waals surface area contributed by atoms with Crippen LogP contribution in [0.3, 0.4) is 0 Å². The van der Waals surface area contributed by atoms with Gasteiger partial charge < -0.3 is 15.5 Å². The zero-order chi connectivity index (χ0) is 22.9. The van der Waals surface area contributed by atoms with Gasteiger partial charge in [-0.3, -0.25) is 0 Å². The summed E-state index contributed by atoms with van der Waals surface area (Å²) in [5.41, 5.74) is 7.73. The molecule has 0 spiro atoms. The van der Waals surface area contributed by atoms with Crippen LogP contribution in [0.2, 0.25) is 0 Å². The molecule has 3 aliphatic rings. The maximum Gasteiger partial charge on any atom is 0.319 e. The second-order valence-electron chi connectivity index (χ2n) is 10.1. The molecule has 0 bridgehead atoms. The van der Waals surface area contributed by atoms with Crippen LogP contribution in [-0.2, 0) is 0 Å². The molecule has 2 unspecified atom stereocenters. The molecule has 4 heteroatoms. The summed E-state index contributed by atoms with van der Waals surface area (Å²) in [6.07, 6.45) is 6.80. The topological polar surface area (TPSA) is 44.4 Å². The van der Waals surface area contributed by atoms with Crippen LogP contribution >= 0.6 is 0 Å². The summed E-state index contributed by atoms with van der Waals surface area (Å²) in [5.74, 6) is 0.695. The lowest BCUT2D eigenvalue weighted by atomic mass is 9.76. The summed E-state index contributed by atoms with van der Waals surface area (Å²) in [5, 5.41) is 6.40.